The van der Waals surface area contributed by atoms with Gasteiger partial charge in [0.05, 0.1) is 51.1 Å². The van der Waals surface area contributed by atoms with Crippen molar-refractivity contribution in [3.63, 3.8) is 0 Å². The number of benzene rings is 3. The van der Waals surface area contributed by atoms with Gasteiger partial charge in [-0.25, -0.2) is 9.79 Å². The molecule has 41 heavy (non-hydrogen) atoms. The predicted molar refractivity (Wildman–Crippen MR) is 167 cm³/mol. The Hall–Kier alpha value is -3.47. The summed E-state index contributed by atoms with van der Waals surface area (Å²) >= 11 is 8.41. The zero-order valence-electron chi connectivity index (χ0n) is 22.5. The van der Waals surface area contributed by atoms with Crippen molar-refractivity contribution in [2.75, 3.05) is 20.3 Å². The average Bonchev–Trinajstić information content (AvgIpc) is 3.28. The van der Waals surface area contributed by atoms with Crippen molar-refractivity contribution >= 4 is 60.9 Å². The summed E-state index contributed by atoms with van der Waals surface area (Å²) in [4.78, 5) is 33.0. The van der Waals surface area contributed by atoms with Crippen molar-refractivity contribution in [2.24, 2.45) is 4.99 Å². The van der Waals surface area contributed by atoms with Gasteiger partial charge in [0.15, 0.2) is 4.80 Å². The lowest BCUT2D eigenvalue weighted by Crippen LogP contribution is -2.40. The molecule has 0 saturated heterocycles. The largest absolute Gasteiger partial charge is 0.497 e. The van der Waals surface area contributed by atoms with Gasteiger partial charge in [0, 0.05) is 5.56 Å². The summed E-state index contributed by atoms with van der Waals surface area (Å²) in [6, 6.07) is 19.8. The Kier molecular flexibility index (Phi) is 8.91. The molecule has 0 N–H and O–H groups in total. The number of fused-ring (bicyclic) bond motifs is 1. The maximum atomic E-state index is 14.1. The molecule has 0 aliphatic carbocycles. The number of carbonyl (C=O) groups is 1. The number of hydrogen-bond acceptors (Lipinski definition) is 7. The third-order valence-corrected chi connectivity index (χ3v) is 8.55. The molecule has 10 heteroatoms. The molecule has 0 spiro atoms. The number of rotatable bonds is 8. The van der Waals surface area contributed by atoms with E-state index in [4.69, 9.17) is 19.2 Å². The highest BCUT2D eigenvalue weighted by molar-refractivity contribution is 9.11. The molecule has 3 aromatic carbocycles. The van der Waals surface area contributed by atoms with E-state index in [-0.39, 0.29) is 17.7 Å². The molecular weight excluding hydrogens is 672 g/mol. The predicted octanol–water partition coefficient (Wildman–Crippen LogP) is 5.87. The second-order valence-corrected chi connectivity index (χ2v) is 11.7. The van der Waals surface area contributed by atoms with E-state index in [1.54, 1.807) is 18.6 Å². The maximum Gasteiger partial charge on any atom is 0.338 e. The fourth-order valence-corrected chi connectivity index (χ4v) is 7.12. The molecule has 1 atom stereocenters. The summed E-state index contributed by atoms with van der Waals surface area (Å²) in [5.74, 6) is 0.766. The van der Waals surface area contributed by atoms with Crippen molar-refractivity contribution in [3.05, 3.63) is 118 Å². The number of halogens is 2. The molecule has 2 heterocycles. The van der Waals surface area contributed by atoms with E-state index in [0.717, 1.165) is 20.1 Å². The van der Waals surface area contributed by atoms with Crippen LogP contribution in [0.4, 0.5) is 0 Å². The fraction of sp³-hybridized carbons (Fsp3) is 0.194. The van der Waals surface area contributed by atoms with Crippen LogP contribution in [0, 0.1) is 0 Å². The molecule has 1 aromatic heterocycles. The summed E-state index contributed by atoms with van der Waals surface area (Å²) in [6.07, 6.45) is 1.81. The SMILES string of the molecule is CCOC(=O)C1=C(c2ccccc2)N=c2s/c(=C\c3cc(Br)c(OCC)c(Br)c3)c(=O)n2[C@@H]1c1cccc(OC)c1. The normalized spacial score (nSPS) is 14.9. The first-order valence-electron chi connectivity index (χ1n) is 12.9. The van der Waals surface area contributed by atoms with E-state index in [1.807, 2.05) is 79.7 Å². The minimum Gasteiger partial charge on any atom is -0.497 e. The number of esters is 1. The van der Waals surface area contributed by atoms with Crippen LogP contribution in [0.15, 0.2) is 91.0 Å². The van der Waals surface area contributed by atoms with E-state index < -0.39 is 12.0 Å². The van der Waals surface area contributed by atoms with Crippen molar-refractivity contribution in [1.29, 1.82) is 0 Å². The topological polar surface area (TPSA) is 79.1 Å². The molecule has 0 bridgehead atoms. The summed E-state index contributed by atoms with van der Waals surface area (Å²) < 4.78 is 20.3. The van der Waals surface area contributed by atoms with Crippen LogP contribution < -0.4 is 24.4 Å². The Labute approximate surface area is 257 Å². The van der Waals surface area contributed by atoms with Crippen molar-refractivity contribution in [1.82, 2.24) is 4.57 Å². The monoisotopic (exact) mass is 696 g/mol. The summed E-state index contributed by atoms with van der Waals surface area (Å²) in [6.45, 7) is 4.37. The van der Waals surface area contributed by atoms with Gasteiger partial charge in [-0.05, 0) is 87.2 Å². The minimum absolute atomic E-state index is 0.182. The molecule has 210 valence electrons. The summed E-state index contributed by atoms with van der Waals surface area (Å²) in [5, 5.41) is 0. The van der Waals surface area contributed by atoms with Crippen molar-refractivity contribution < 1.29 is 19.0 Å². The van der Waals surface area contributed by atoms with E-state index in [2.05, 4.69) is 31.9 Å². The lowest BCUT2D eigenvalue weighted by Gasteiger charge is -2.26. The van der Waals surface area contributed by atoms with Crippen LogP contribution in [-0.2, 0) is 9.53 Å². The quantitative estimate of drug-likeness (QED) is 0.216. The molecule has 0 radical (unpaired) electrons. The van der Waals surface area contributed by atoms with Gasteiger partial charge in [-0.15, -0.1) is 0 Å². The van der Waals surface area contributed by atoms with Crippen molar-refractivity contribution in [2.45, 2.75) is 19.9 Å². The fourth-order valence-electron chi connectivity index (χ4n) is 4.66. The van der Waals surface area contributed by atoms with Crippen molar-refractivity contribution in [3.8, 4) is 11.5 Å². The molecule has 5 rings (SSSR count). The van der Waals surface area contributed by atoms with Gasteiger partial charge in [0.2, 0.25) is 0 Å². The number of thiazole rings is 1. The second-order valence-electron chi connectivity index (χ2n) is 8.95. The lowest BCUT2D eigenvalue weighted by molar-refractivity contribution is -0.138. The third kappa shape index (κ3) is 5.82. The Bertz CT molecular complexity index is 1810. The molecule has 0 fully saturated rings. The van der Waals surface area contributed by atoms with Crippen LogP contribution >= 0.6 is 43.2 Å². The Morgan fingerprint density at radius 3 is 2.41 bits per heavy atom. The molecule has 1 aliphatic rings. The zero-order valence-corrected chi connectivity index (χ0v) is 26.5. The zero-order chi connectivity index (χ0) is 29.1. The first-order chi connectivity index (χ1) is 19.9. The van der Waals surface area contributed by atoms with E-state index in [0.29, 0.717) is 38.7 Å². The number of aromatic nitrogens is 1. The molecule has 0 unspecified atom stereocenters. The highest BCUT2D eigenvalue weighted by Gasteiger charge is 2.35. The van der Waals surface area contributed by atoms with Gasteiger partial charge < -0.3 is 14.2 Å². The molecular formula is C31H26Br2N2O5S. The number of nitrogens with zero attached hydrogens (tertiary/aromatic N) is 2. The number of methoxy groups -OCH3 is 1. The van der Waals surface area contributed by atoms with Gasteiger partial charge >= 0.3 is 5.97 Å². The molecule has 7 nitrogen and oxygen atoms in total. The summed E-state index contributed by atoms with van der Waals surface area (Å²) in [7, 11) is 1.58. The van der Waals surface area contributed by atoms with Crippen LogP contribution in [0.25, 0.3) is 11.8 Å². The lowest BCUT2D eigenvalue weighted by atomic mass is 9.93. The van der Waals surface area contributed by atoms with Crippen LogP contribution in [0.3, 0.4) is 0 Å². The smallest absolute Gasteiger partial charge is 0.338 e. The Morgan fingerprint density at radius 2 is 1.76 bits per heavy atom. The average molecular weight is 698 g/mol. The highest BCUT2D eigenvalue weighted by atomic mass is 79.9. The van der Waals surface area contributed by atoms with Gasteiger partial charge in [-0.1, -0.05) is 53.8 Å². The molecule has 0 saturated carbocycles. The Balaban J connectivity index is 1.80. The number of carbonyl (C=O) groups excluding carboxylic acids is 1. The molecule has 1 aliphatic heterocycles. The third-order valence-electron chi connectivity index (χ3n) is 6.39. The highest BCUT2D eigenvalue weighted by Crippen LogP contribution is 2.37. The van der Waals surface area contributed by atoms with Gasteiger partial charge in [-0.3, -0.25) is 9.36 Å². The first kappa shape index (κ1) is 29.0. The molecule has 0 amide bonds. The standard InChI is InChI=1S/C31H26Br2N2O5S/c1-4-39-28-22(32)14-18(15-23(28)33)16-24-29(36)35-27(20-12-9-13-21(17-20)38-3)25(30(37)40-5-2)26(34-31(35)41-24)19-10-7-6-8-11-19/h6-17,27H,4-5H2,1-3H3/b24-16-/t27-/m1/s1. The van der Waals surface area contributed by atoms with E-state index in [1.165, 1.54) is 11.3 Å². The molecule has 4 aromatic rings. The minimum atomic E-state index is -0.781. The Morgan fingerprint density at radius 1 is 1.02 bits per heavy atom. The van der Waals surface area contributed by atoms with Crippen LogP contribution in [-0.4, -0.2) is 30.9 Å². The van der Waals surface area contributed by atoms with E-state index >= 15 is 0 Å². The van der Waals surface area contributed by atoms with Gasteiger partial charge in [0.25, 0.3) is 5.56 Å². The van der Waals surface area contributed by atoms with Gasteiger partial charge in [0.1, 0.15) is 11.5 Å². The van der Waals surface area contributed by atoms with Gasteiger partial charge in [-0.2, -0.15) is 0 Å². The number of ether oxygens (including phenoxy) is 3. The number of hydrogen-bond donors (Lipinski definition) is 0. The summed E-state index contributed by atoms with van der Waals surface area (Å²) in [5.41, 5.74) is 2.74. The van der Waals surface area contributed by atoms with Crippen LogP contribution in [0.5, 0.6) is 11.5 Å². The van der Waals surface area contributed by atoms with Crippen LogP contribution in [0.2, 0.25) is 0 Å². The maximum absolute atomic E-state index is 14.1. The van der Waals surface area contributed by atoms with E-state index in [9.17, 15) is 9.59 Å². The first-order valence-corrected chi connectivity index (χ1v) is 15.3. The van der Waals surface area contributed by atoms with Crippen LogP contribution in [0.1, 0.15) is 36.6 Å². The second kappa shape index (κ2) is 12.6.